The molecule has 0 fully saturated rings. The van der Waals surface area contributed by atoms with Gasteiger partial charge in [0, 0.05) is 32.9 Å². The molecule has 2 aromatic heterocycles. The molecule has 5 aromatic carbocycles. The van der Waals surface area contributed by atoms with Gasteiger partial charge in [-0.25, -0.2) is 0 Å². The number of hydrogen-bond donors (Lipinski definition) is 0. The van der Waals surface area contributed by atoms with E-state index in [2.05, 4.69) is 193 Å². The summed E-state index contributed by atoms with van der Waals surface area (Å²) in [5, 5.41) is 2.53. The molecule has 0 aliphatic heterocycles. The fourth-order valence-electron chi connectivity index (χ4n) is 8.83. The van der Waals surface area contributed by atoms with E-state index in [9.17, 15) is 0 Å². The summed E-state index contributed by atoms with van der Waals surface area (Å²) >= 11 is 0. The number of hydrogen-bond acceptors (Lipinski definition) is 2. The van der Waals surface area contributed by atoms with Crippen LogP contribution < -0.4 is 10.9 Å². The number of benzene rings is 5. The minimum atomic E-state index is -0.191. The van der Waals surface area contributed by atoms with E-state index in [1.165, 1.54) is 33.4 Å². The van der Waals surface area contributed by atoms with Crippen molar-refractivity contribution in [2.45, 2.75) is 144 Å². The first-order valence-corrected chi connectivity index (χ1v) is 21.2. The third-order valence-electron chi connectivity index (χ3n) is 12.2. The molecular formula is C54H64N2O2. The van der Waals surface area contributed by atoms with Gasteiger partial charge in [-0.2, -0.15) is 0 Å². The first-order valence-electron chi connectivity index (χ1n) is 21.2. The number of aromatic nitrogens is 2. The van der Waals surface area contributed by atoms with Crippen molar-refractivity contribution in [2.24, 2.45) is 0 Å². The van der Waals surface area contributed by atoms with Gasteiger partial charge in [0.1, 0.15) is 0 Å². The van der Waals surface area contributed by atoms with Crippen molar-refractivity contribution in [3.63, 3.8) is 0 Å². The number of pyridine rings is 2. The smallest absolute Gasteiger partial charge is 0.197 e. The van der Waals surface area contributed by atoms with Gasteiger partial charge in [0.25, 0.3) is 0 Å². The molecular weight excluding hydrogens is 709 g/mol. The molecule has 0 saturated heterocycles. The van der Waals surface area contributed by atoms with E-state index in [-0.39, 0.29) is 32.5 Å². The van der Waals surface area contributed by atoms with Gasteiger partial charge in [-0.1, -0.05) is 135 Å². The minimum absolute atomic E-state index is 0.0272. The van der Waals surface area contributed by atoms with Gasteiger partial charge < -0.3 is 9.13 Å². The zero-order valence-corrected chi connectivity index (χ0v) is 37.9. The van der Waals surface area contributed by atoms with Crippen molar-refractivity contribution < 1.29 is 0 Å². The van der Waals surface area contributed by atoms with Crippen LogP contribution in [-0.4, -0.2) is 9.13 Å². The first kappa shape index (κ1) is 41.2. The lowest BCUT2D eigenvalue weighted by Crippen LogP contribution is -2.24. The summed E-state index contributed by atoms with van der Waals surface area (Å²) in [6.45, 7) is 35.7. The zero-order chi connectivity index (χ0) is 42.6. The van der Waals surface area contributed by atoms with Crippen molar-refractivity contribution >= 4 is 43.6 Å². The normalized spacial score (nSPS) is 13.3. The van der Waals surface area contributed by atoms with Crippen LogP contribution in [0, 0.1) is 0 Å². The molecule has 7 rings (SSSR count). The van der Waals surface area contributed by atoms with Crippen LogP contribution in [0.2, 0.25) is 0 Å². The van der Waals surface area contributed by atoms with Crippen LogP contribution in [0.3, 0.4) is 0 Å². The van der Waals surface area contributed by atoms with Crippen molar-refractivity contribution in [3.8, 4) is 11.4 Å². The molecule has 0 unspecified atom stereocenters. The maximum Gasteiger partial charge on any atom is 0.197 e. The molecule has 0 radical (unpaired) electrons. The number of fused-ring (bicyclic) bond motifs is 4. The zero-order valence-electron chi connectivity index (χ0n) is 37.9. The summed E-state index contributed by atoms with van der Waals surface area (Å²) < 4.78 is 4.46. The Morgan fingerprint density at radius 3 is 0.862 bits per heavy atom. The predicted octanol–water partition coefficient (Wildman–Crippen LogP) is 14.0. The Morgan fingerprint density at radius 2 is 0.603 bits per heavy atom. The Bertz CT molecular complexity index is 2670. The maximum absolute atomic E-state index is 15.3. The third-order valence-corrected chi connectivity index (χ3v) is 12.2. The lowest BCUT2D eigenvalue weighted by molar-refractivity contribution is 0.531. The van der Waals surface area contributed by atoms with Gasteiger partial charge in [0.2, 0.25) is 0 Å². The van der Waals surface area contributed by atoms with Gasteiger partial charge in [-0.05, 0) is 128 Å². The van der Waals surface area contributed by atoms with Gasteiger partial charge in [-0.15, -0.1) is 0 Å². The molecule has 0 aliphatic rings. The summed E-state index contributed by atoms with van der Waals surface area (Å²) in [7, 11) is 0. The minimum Gasteiger partial charge on any atom is -0.309 e. The first-order chi connectivity index (χ1) is 26.8. The largest absolute Gasteiger partial charge is 0.309 e. The number of nitrogens with zero attached hydrogens (tertiary/aromatic N) is 2. The Morgan fingerprint density at radius 1 is 0.362 bits per heavy atom. The Labute approximate surface area is 345 Å². The Balaban J connectivity index is 1.76. The molecule has 0 amide bonds. The highest BCUT2D eigenvalue weighted by atomic mass is 16.1. The van der Waals surface area contributed by atoms with Crippen LogP contribution >= 0.6 is 0 Å². The molecule has 302 valence electrons. The monoisotopic (exact) mass is 772 g/mol. The molecule has 0 bridgehead atoms. The summed E-state index contributed by atoms with van der Waals surface area (Å²) in [5.74, 6) is 0.751. The van der Waals surface area contributed by atoms with E-state index in [0.717, 1.165) is 33.4 Å². The molecule has 7 aromatic rings. The molecule has 4 heteroatoms. The van der Waals surface area contributed by atoms with Gasteiger partial charge >= 0.3 is 0 Å². The van der Waals surface area contributed by atoms with Crippen molar-refractivity contribution in [1.29, 1.82) is 0 Å². The molecule has 0 atom stereocenters. The van der Waals surface area contributed by atoms with E-state index in [1.807, 2.05) is 12.1 Å². The molecule has 0 spiro atoms. The second-order valence-electron chi connectivity index (χ2n) is 21.5. The summed E-state index contributed by atoms with van der Waals surface area (Å²) in [6, 6.07) is 30.2. The van der Waals surface area contributed by atoms with Crippen molar-refractivity contribution in [1.82, 2.24) is 9.13 Å². The topological polar surface area (TPSA) is 44.0 Å². The molecule has 2 heterocycles. The average molecular weight is 773 g/mol. The average Bonchev–Trinajstić information content (AvgIpc) is 3.12. The lowest BCUT2D eigenvalue weighted by Gasteiger charge is -2.31. The van der Waals surface area contributed by atoms with E-state index in [4.69, 9.17) is 0 Å². The van der Waals surface area contributed by atoms with Crippen LogP contribution in [0.4, 0.5) is 0 Å². The van der Waals surface area contributed by atoms with Crippen molar-refractivity contribution in [2.75, 3.05) is 0 Å². The predicted molar refractivity (Wildman–Crippen MR) is 251 cm³/mol. The molecule has 4 nitrogen and oxygen atoms in total. The van der Waals surface area contributed by atoms with Gasteiger partial charge in [-0.3, -0.25) is 9.59 Å². The summed E-state index contributed by atoms with van der Waals surface area (Å²) in [6.07, 6.45) is 0. The highest BCUT2D eigenvalue weighted by Crippen LogP contribution is 2.41. The van der Waals surface area contributed by atoms with Crippen LogP contribution in [0.5, 0.6) is 0 Å². The highest BCUT2D eigenvalue weighted by Gasteiger charge is 2.30. The fraction of sp³-hybridized carbons (Fsp3) is 0.407. The second-order valence-corrected chi connectivity index (χ2v) is 21.5. The molecule has 0 saturated carbocycles. The molecule has 58 heavy (non-hydrogen) atoms. The van der Waals surface area contributed by atoms with Crippen LogP contribution in [0.15, 0.2) is 94.5 Å². The van der Waals surface area contributed by atoms with Gasteiger partial charge in [0.05, 0.1) is 22.1 Å². The third kappa shape index (κ3) is 7.01. The second kappa shape index (κ2) is 13.8. The van der Waals surface area contributed by atoms with Gasteiger partial charge in [0.15, 0.2) is 10.9 Å². The van der Waals surface area contributed by atoms with E-state index in [1.54, 1.807) is 0 Å². The van der Waals surface area contributed by atoms with E-state index < -0.39 is 0 Å². The lowest BCUT2D eigenvalue weighted by atomic mass is 9.74. The summed E-state index contributed by atoms with van der Waals surface area (Å²) in [5.41, 5.74) is 11.5. The fourth-order valence-corrected chi connectivity index (χ4v) is 8.83. The summed E-state index contributed by atoms with van der Waals surface area (Å²) in [4.78, 5) is 30.5. The van der Waals surface area contributed by atoms with Crippen LogP contribution in [-0.2, 0) is 21.7 Å². The molecule has 0 N–H and O–H groups in total. The highest BCUT2D eigenvalue weighted by molar-refractivity contribution is 6.06. The van der Waals surface area contributed by atoms with E-state index >= 15 is 9.59 Å². The Kier molecular flexibility index (Phi) is 9.82. The van der Waals surface area contributed by atoms with Crippen molar-refractivity contribution in [3.05, 3.63) is 139 Å². The molecule has 0 aliphatic carbocycles. The quantitative estimate of drug-likeness (QED) is 0.167. The Hall–Kier alpha value is -4.96. The number of rotatable bonds is 4. The van der Waals surface area contributed by atoms with E-state index in [0.29, 0.717) is 33.4 Å². The van der Waals surface area contributed by atoms with Crippen LogP contribution in [0.1, 0.15) is 156 Å². The standard InChI is InChI=1S/C54H64N2O2/c1-31(2)33-17-21-35(22-18-33)55-45-27-40-46(28-39(45)49(57)37-25-41(51(5,6)7)43(29-47(37)55)53(11,12)13)56(36-23-19-34(20-24-36)32(3)4)48-30-44(54(14,15)16)42(52(8,9)10)26-38(48)50(40)58/h17-32H,1-16H3. The maximum atomic E-state index is 15.3. The van der Waals surface area contributed by atoms with Crippen LogP contribution in [0.25, 0.3) is 55.0 Å². The SMILES string of the molecule is CC(C)c1ccc(-n2c3cc(C(C)(C)C)c(C(C)(C)C)cc3c(=O)c3cc4c(cc32)c(=O)c2cc(C(C)(C)C)c(C(C)(C)C)cc2n4-c2ccc(C(C)C)cc2)cc1.